The lowest BCUT2D eigenvalue weighted by Crippen LogP contribution is -2.43. The van der Waals surface area contributed by atoms with E-state index in [1.54, 1.807) is 14.0 Å². The Labute approximate surface area is 149 Å². The summed E-state index contributed by atoms with van der Waals surface area (Å²) in [5.74, 6) is -1.28. The smallest absolute Gasteiger partial charge is 0.317 e. The second-order valence-electron chi connectivity index (χ2n) is 6.91. The minimum atomic E-state index is -0.903. The summed E-state index contributed by atoms with van der Waals surface area (Å²) in [5, 5.41) is 11.9. The normalized spacial score (nSPS) is 21.4. The standard InChI is InChI=1S/C19H28N2O4/c1-13-6-8-15(9-7-13)17-16(5-4-10-25-17)11-20-19(24)21(3)12-14(2)18(22)23/h6-9,14,16-17H,4-5,10-12H2,1-3H3,(H,20,24)(H,22,23). The first-order valence-electron chi connectivity index (χ1n) is 8.78. The van der Waals surface area contributed by atoms with E-state index in [4.69, 9.17) is 9.84 Å². The summed E-state index contributed by atoms with van der Waals surface area (Å²) in [6.07, 6.45) is 1.96. The van der Waals surface area contributed by atoms with Gasteiger partial charge in [0.25, 0.3) is 0 Å². The Morgan fingerprint density at radius 2 is 2.04 bits per heavy atom. The van der Waals surface area contributed by atoms with Crippen LogP contribution in [0.15, 0.2) is 24.3 Å². The summed E-state index contributed by atoms with van der Waals surface area (Å²) in [5.41, 5.74) is 2.34. The number of aliphatic carboxylic acids is 1. The predicted octanol–water partition coefficient (Wildman–Crippen LogP) is 2.82. The van der Waals surface area contributed by atoms with Gasteiger partial charge in [-0.1, -0.05) is 36.8 Å². The first kappa shape index (κ1) is 19.2. The van der Waals surface area contributed by atoms with Gasteiger partial charge >= 0.3 is 12.0 Å². The van der Waals surface area contributed by atoms with Crippen molar-refractivity contribution in [2.75, 3.05) is 26.7 Å². The summed E-state index contributed by atoms with van der Waals surface area (Å²) in [7, 11) is 1.61. The molecule has 1 heterocycles. The number of hydrogen-bond acceptors (Lipinski definition) is 3. The van der Waals surface area contributed by atoms with Crippen molar-refractivity contribution in [1.29, 1.82) is 0 Å². The number of amides is 2. The van der Waals surface area contributed by atoms with Gasteiger partial charge in [-0.15, -0.1) is 0 Å². The minimum absolute atomic E-state index is 0.0158. The van der Waals surface area contributed by atoms with E-state index in [0.29, 0.717) is 6.54 Å². The largest absolute Gasteiger partial charge is 0.481 e. The second kappa shape index (κ2) is 8.85. The summed E-state index contributed by atoms with van der Waals surface area (Å²) in [6.45, 7) is 5.08. The first-order valence-corrected chi connectivity index (χ1v) is 8.78. The number of carbonyl (C=O) groups is 2. The number of carboxylic acids is 1. The maximum atomic E-state index is 12.2. The van der Waals surface area contributed by atoms with Crippen LogP contribution in [0, 0.1) is 18.8 Å². The molecule has 3 atom stereocenters. The summed E-state index contributed by atoms with van der Waals surface area (Å²) in [6, 6.07) is 8.07. The highest BCUT2D eigenvalue weighted by molar-refractivity contribution is 5.75. The average Bonchev–Trinajstić information content (AvgIpc) is 2.60. The summed E-state index contributed by atoms with van der Waals surface area (Å²) < 4.78 is 5.96. The molecule has 25 heavy (non-hydrogen) atoms. The fraction of sp³-hybridized carbons (Fsp3) is 0.579. The van der Waals surface area contributed by atoms with Gasteiger partial charge in [-0.3, -0.25) is 4.79 Å². The second-order valence-corrected chi connectivity index (χ2v) is 6.91. The molecule has 0 bridgehead atoms. The van der Waals surface area contributed by atoms with Gasteiger partial charge in [0, 0.05) is 32.7 Å². The molecular formula is C19H28N2O4. The van der Waals surface area contributed by atoms with Gasteiger partial charge in [0.1, 0.15) is 0 Å². The number of nitrogens with one attached hydrogen (secondary N) is 1. The molecule has 0 aliphatic carbocycles. The number of nitrogens with zero attached hydrogens (tertiary/aromatic N) is 1. The van der Waals surface area contributed by atoms with Crippen molar-refractivity contribution < 1.29 is 19.4 Å². The Kier molecular flexibility index (Phi) is 6.82. The van der Waals surface area contributed by atoms with Gasteiger partial charge in [-0.05, 0) is 25.3 Å². The first-order chi connectivity index (χ1) is 11.9. The Hall–Kier alpha value is -2.08. The highest BCUT2D eigenvalue weighted by atomic mass is 16.5. The number of urea groups is 1. The topological polar surface area (TPSA) is 78.9 Å². The Bertz CT molecular complexity index is 588. The molecule has 6 nitrogen and oxygen atoms in total. The molecular weight excluding hydrogens is 320 g/mol. The lowest BCUT2D eigenvalue weighted by atomic mass is 9.89. The van der Waals surface area contributed by atoms with Crippen LogP contribution in [0.1, 0.15) is 37.0 Å². The van der Waals surface area contributed by atoms with E-state index < -0.39 is 11.9 Å². The van der Waals surface area contributed by atoms with Gasteiger partial charge < -0.3 is 20.1 Å². The fourth-order valence-electron chi connectivity index (χ4n) is 3.10. The Balaban J connectivity index is 1.91. The number of carboxylic acid groups (broad SMARTS) is 1. The van der Waals surface area contributed by atoms with Crippen LogP contribution < -0.4 is 5.32 Å². The Morgan fingerprint density at radius 3 is 2.68 bits per heavy atom. The SMILES string of the molecule is Cc1ccc(C2OCCCC2CNC(=O)N(C)CC(C)C(=O)O)cc1. The van der Waals surface area contributed by atoms with Crippen molar-refractivity contribution >= 4 is 12.0 Å². The molecule has 2 N–H and O–H groups in total. The van der Waals surface area contributed by atoms with Crippen molar-refractivity contribution in [3.05, 3.63) is 35.4 Å². The summed E-state index contributed by atoms with van der Waals surface area (Å²) in [4.78, 5) is 24.5. The third-order valence-electron chi connectivity index (χ3n) is 4.68. The van der Waals surface area contributed by atoms with E-state index in [1.807, 2.05) is 0 Å². The van der Waals surface area contributed by atoms with Gasteiger partial charge in [-0.25, -0.2) is 4.79 Å². The van der Waals surface area contributed by atoms with Crippen LogP contribution in [0.5, 0.6) is 0 Å². The van der Waals surface area contributed by atoms with E-state index in [0.717, 1.165) is 25.0 Å². The minimum Gasteiger partial charge on any atom is -0.481 e. The maximum absolute atomic E-state index is 12.2. The van der Waals surface area contributed by atoms with E-state index >= 15 is 0 Å². The van der Waals surface area contributed by atoms with Gasteiger partial charge in [-0.2, -0.15) is 0 Å². The van der Waals surface area contributed by atoms with Gasteiger partial charge in [0.05, 0.1) is 12.0 Å². The molecule has 1 fully saturated rings. The highest BCUT2D eigenvalue weighted by Crippen LogP contribution is 2.33. The van der Waals surface area contributed by atoms with Crippen LogP contribution in [-0.4, -0.2) is 48.8 Å². The van der Waals surface area contributed by atoms with Crippen molar-refractivity contribution in [3.63, 3.8) is 0 Å². The van der Waals surface area contributed by atoms with Crippen LogP contribution in [0.4, 0.5) is 4.79 Å². The fourth-order valence-corrected chi connectivity index (χ4v) is 3.10. The summed E-state index contributed by atoms with van der Waals surface area (Å²) >= 11 is 0. The van der Waals surface area contributed by atoms with Crippen LogP contribution in [-0.2, 0) is 9.53 Å². The molecule has 1 aromatic rings. The van der Waals surface area contributed by atoms with Crippen LogP contribution in [0.3, 0.4) is 0 Å². The van der Waals surface area contributed by atoms with Crippen LogP contribution >= 0.6 is 0 Å². The van der Waals surface area contributed by atoms with E-state index in [1.165, 1.54) is 10.5 Å². The van der Waals surface area contributed by atoms with E-state index in [-0.39, 0.29) is 24.6 Å². The number of benzene rings is 1. The number of hydrogen-bond donors (Lipinski definition) is 2. The molecule has 1 aromatic carbocycles. The van der Waals surface area contributed by atoms with Crippen molar-refractivity contribution in [2.24, 2.45) is 11.8 Å². The molecule has 2 rings (SSSR count). The third-order valence-corrected chi connectivity index (χ3v) is 4.68. The lowest BCUT2D eigenvalue weighted by molar-refractivity contribution is -0.141. The lowest BCUT2D eigenvalue weighted by Gasteiger charge is -2.33. The van der Waals surface area contributed by atoms with Crippen molar-refractivity contribution in [1.82, 2.24) is 10.2 Å². The zero-order valence-electron chi connectivity index (χ0n) is 15.2. The molecule has 0 radical (unpaired) electrons. The van der Waals surface area contributed by atoms with E-state index in [9.17, 15) is 9.59 Å². The quantitative estimate of drug-likeness (QED) is 0.828. The molecule has 1 saturated heterocycles. The monoisotopic (exact) mass is 348 g/mol. The number of rotatable bonds is 6. The molecule has 6 heteroatoms. The highest BCUT2D eigenvalue weighted by Gasteiger charge is 2.28. The number of ether oxygens (including phenoxy) is 1. The Morgan fingerprint density at radius 1 is 1.36 bits per heavy atom. The predicted molar refractivity (Wildman–Crippen MR) is 95.4 cm³/mol. The molecule has 3 unspecified atom stereocenters. The van der Waals surface area contributed by atoms with E-state index in [2.05, 4.69) is 36.5 Å². The van der Waals surface area contributed by atoms with Gasteiger partial charge in [0.2, 0.25) is 0 Å². The molecule has 0 saturated carbocycles. The van der Waals surface area contributed by atoms with Crippen molar-refractivity contribution in [3.8, 4) is 0 Å². The van der Waals surface area contributed by atoms with Crippen molar-refractivity contribution in [2.45, 2.75) is 32.8 Å². The van der Waals surface area contributed by atoms with Gasteiger partial charge in [0.15, 0.2) is 0 Å². The van der Waals surface area contributed by atoms with Crippen LogP contribution in [0.2, 0.25) is 0 Å². The number of carbonyl (C=O) groups excluding carboxylic acids is 1. The molecule has 138 valence electrons. The molecule has 1 aliphatic heterocycles. The average molecular weight is 348 g/mol. The zero-order chi connectivity index (χ0) is 18.4. The molecule has 0 spiro atoms. The molecule has 1 aliphatic rings. The molecule has 2 amide bonds. The zero-order valence-corrected chi connectivity index (χ0v) is 15.2. The third kappa shape index (κ3) is 5.46. The molecule has 0 aromatic heterocycles. The maximum Gasteiger partial charge on any atom is 0.317 e. The van der Waals surface area contributed by atoms with Crippen LogP contribution in [0.25, 0.3) is 0 Å². The number of aryl methyl sites for hydroxylation is 1.